The van der Waals surface area contributed by atoms with Crippen LogP contribution in [0.2, 0.25) is 5.02 Å². The molecule has 4 aromatic heterocycles. The molecule has 1 saturated heterocycles. The van der Waals surface area contributed by atoms with Crippen LogP contribution in [0.3, 0.4) is 0 Å². The standard InChI is InChI=1S/C32H33ClFN7O2/c1-19-9-11-20(12-10-19)18-41-29-25(37-31(41)40-13-5-4-8-27(40)23-6-2-3-7-24(23)34)15-26(30-38-32(42)43-39-30)36-28(29)21-14-22(33)17-35-16-21/h2-3,6-7,14-17,19-20,27H,4-5,8-13,18H2,1H3,(H,38,39,42). The summed E-state index contributed by atoms with van der Waals surface area (Å²) in [4.78, 5) is 31.3. The Kier molecular flexibility index (Phi) is 7.46. The van der Waals surface area contributed by atoms with Crippen molar-refractivity contribution in [3.63, 3.8) is 0 Å². The monoisotopic (exact) mass is 601 g/mol. The Hall–Kier alpha value is -4.05. The maximum Gasteiger partial charge on any atom is 0.439 e. The fourth-order valence-electron chi connectivity index (χ4n) is 6.75. The molecule has 43 heavy (non-hydrogen) atoms. The van der Waals surface area contributed by atoms with Gasteiger partial charge in [-0.1, -0.05) is 54.7 Å². The minimum atomic E-state index is -0.665. The van der Waals surface area contributed by atoms with E-state index >= 15 is 4.39 Å². The minimum absolute atomic E-state index is 0.146. The van der Waals surface area contributed by atoms with Gasteiger partial charge < -0.3 is 9.47 Å². The van der Waals surface area contributed by atoms with Crippen molar-refractivity contribution in [3.05, 3.63) is 75.7 Å². The fraction of sp³-hybridized carbons (Fsp3) is 0.406. The summed E-state index contributed by atoms with van der Waals surface area (Å²) < 4.78 is 22.3. The molecule has 0 spiro atoms. The molecule has 1 unspecified atom stereocenters. The van der Waals surface area contributed by atoms with Crippen molar-refractivity contribution in [1.82, 2.24) is 29.7 Å². The first-order valence-electron chi connectivity index (χ1n) is 15.0. The number of pyridine rings is 2. The van der Waals surface area contributed by atoms with Crippen molar-refractivity contribution in [2.75, 3.05) is 11.4 Å². The molecule has 5 heterocycles. The molecule has 1 atom stereocenters. The van der Waals surface area contributed by atoms with Gasteiger partial charge in [0.05, 0.1) is 27.8 Å². The maximum absolute atomic E-state index is 15.2. The van der Waals surface area contributed by atoms with Crippen LogP contribution in [0.15, 0.2) is 58.1 Å². The van der Waals surface area contributed by atoms with Crippen LogP contribution in [0.25, 0.3) is 33.8 Å². The number of aromatic amines is 1. The molecule has 1 N–H and O–H groups in total. The van der Waals surface area contributed by atoms with Gasteiger partial charge >= 0.3 is 5.76 Å². The van der Waals surface area contributed by atoms with E-state index in [0.717, 1.165) is 68.1 Å². The van der Waals surface area contributed by atoms with E-state index in [9.17, 15) is 4.79 Å². The topological polar surface area (TPSA) is 106 Å². The van der Waals surface area contributed by atoms with E-state index in [1.807, 2.05) is 24.3 Å². The maximum atomic E-state index is 15.2. The van der Waals surface area contributed by atoms with Gasteiger partial charge in [0, 0.05) is 36.6 Å². The third-order valence-electron chi connectivity index (χ3n) is 8.97. The first-order valence-corrected chi connectivity index (χ1v) is 15.4. The highest BCUT2D eigenvalue weighted by molar-refractivity contribution is 6.30. The van der Waals surface area contributed by atoms with Gasteiger partial charge in [-0.15, -0.1) is 0 Å². The third-order valence-corrected chi connectivity index (χ3v) is 9.17. The second kappa shape index (κ2) is 11.6. The zero-order valence-corrected chi connectivity index (χ0v) is 24.7. The largest absolute Gasteiger partial charge is 0.439 e. The second-order valence-electron chi connectivity index (χ2n) is 11.9. The summed E-state index contributed by atoms with van der Waals surface area (Å²) in [5.41, 5.74) is 4.00. The van der Waals surface area contributed by atoms with E-state index in [4.69, 9.17) is 26.1 Å². The van der Waals surface area contributed by atoms with Crippen LogP contribution in [0.1, 0.15) is 63.5 Å². The fourth-order valence-corrected chi connectivity index (χ4v) is 6.92. The average Bonchev–Trinajstić information content (AvgIpc) is 3.61. The number of halogens is 2. The van der Waals surface area contributed by atoms with Gasteiger partial charge in [0.1, 0.15) is 11.5 Å². The third kappa shape index (κ3) is 5.44. The lowest BCUT2D eigenvalue weighted by molar-refractivity contribution is 0.266. The molecule has 5 aromatic rings. The summed E-state index contributed by atoms with van der Waals surface area (Å²) in [6, 6.07) is 10.6. The van der Waals surface area contributed by atoms with Crippen molar-refractivity contribution < 1.29 is 8.91 Å². The van der Waals surface area contributed by atoms with Gasteiger partial charge in [-0.25, -0.2) is 19.2 Å². The molecular formula is C32H33ClFN7O2. The number of anilines is 1. The predicted octanol–water partition coefficient (Wildman–Crippen LogP) is 7.19. The normalized spacial score (nSPS) is 21.0. The summed E-state index contributed by atoms with van der Waals surface area (Å²) >= 11 is 6.41. The van der Waals surface area contributed by atoms with E-state index in [1.54, 1.807) is 18.5 Å². The van der Waals surface area contributed by atoms with Gasteiger partial charge in [0.2, 0.25) is 11.8 Å². The molecular weight excluding hydrogens is 569 g/mol. The lowest BCUT2D eigenvalue weighted by Crippen LogP contribution is -2.36. The Morgan fingerprint density at radius 2 is 1.91 bits per heavy atom. The van der Waals surface area contributed by atoms with Gasteiger partial charge in [-0.05, 0) is 62.1 Å². The number of fused-ring (bicyclic) bond motifs is 1. The van der Waals surface area contributed by atoms with Crippen LogP contribution in [0, 0.1) is 17.7 Å². The van der Waals surface area contributed by atoms with Crippen molar-refractivity contribution in [2.24, 2.45) is 11.8 Å². The number of nitrogens with zero attached hydrogens (tertiary/aromatic N) is 6. The molecule has 1 aliphatic carbocycles. The Bertz CT molecular complexity index is 1820. The Labute approximate surface area is 253 Å². The highest BCUT2D eigenvalue weighted by Crippen LogP contribution is 2.41. The lowest BCUT2D eigenvalue weighted by atomic mass is 9.83. The van der Waals surface area contributed by atoms with Crippen molar-refractivity contribution in [2.45, 2.75) is 64.5 Å². The molecule has 0 radical (unpaired) electrons. The highest BCUT2D eigenvalue weighted by Gasteiger charge is 2.32. The number of nitrogens with one attached hydrogen (secondary N) is 1. The van der Waals surface area contributed by atoms with Crippen molar-refractivity contribution >= 4 is 28.6 Å². The minimum Gasteiger partial charge on any atom is -0.335 e. The van der Waals surface area contributed by atoms with Crippen molar-refractivity contribution in [3.8, 4) is 22.8 Å². The number of H-pyrrole nitrogens is 1. The molecule has 1 aromatic carbocycles. The molecule has 7 rings (SSSR count). The molecule has 9 nitrogen and oxygen atoms in total. The van der Waals surface area contributed by atoms with E-state index in [2.05, 4.69) is 31.5 Å². The second-order valence-corrected chi connectivity index (χ2v) is 12.4. The first-order chi connectivity index (χ1) is 20.9. The first kappa shape index (κ1) is 27.8. The van der Waals surface area contributed by atoms with Crippen LogP contribution in [0.5, 0.6) is 0 Å². The molecule has 2 aliphatic rings. The molecule has 0 bridgehead atoms. The predicted molar refractivity (Wildman–Crippen MR) is 163 cm³/mol. The summed E-state index contributed by atoms with van der Waals surface area (Å²) in [5.74, 6) is 1.34. The number of aromatic nitrogens is 6. The summed E-state index contributed by atoms with van der Waals surface area (Å²) in [6.45, 7) is 3.85. The van der Waals surface area contributed by atoms with Crippen LogP contribution in [-0.2, 0) is 6.54 Å². The summed E-state index contributed by atoms with van der Waals surface area (Å²) in [7, 11) is 0. The smallest absolute Gasteiger partial charge is 0.335 e. The Balaban J connectivity index is 1.46. The SMILES string of the molecule is CC1CCC(Cn2c(N3CCCCC3c3ccccc3F)nc3cc(-c4noc(=O)[nH]4)nc(-c4cncc(Cl)c4)c32)CC1. The van der Waals surface area contributed by atoms with Gasteiger partial charge in [0.25, 0.3) is 0 Å². The Morgan fingerprint density at radius 3 is 2.67 bits per heavy atom. The van der Waals surface area contributed by atoms with Crippen LogP contribution in [0.4, 0.5) is 10.3 Å². The summed E-state index contributed by atoms with van der Waals surface area (Å²) in [5, 5.41) is 4.37. The molecule has 0 amide bonds. The molecule has 1 aliphatic heterocycles. The molecule has 2 fully saturated rings. The number of imidazole rings is 1. The lowest BCUT2D eigenvalue weighted by Gasteiger charge is -2.38. The number of piperidine rings is 1. The van der Waals surface area contributed by atoms with E-state index in [1.165, 1.54) is 18.9 Å². The molecule has 11 heteroatoms. The number of benzene rings is 1. The van der Waals surface area contributed by atoms with Crippen LogP contribution >= 0.6 is 11.6 Å². The van der Waals surface area contributed by atoms with Gasteiger partial charge in [0.15, 0.2) is 0 Å². The number of rotatable bonds is 6. The van der Waals surface area contributed by atoms with Gasteiger partial charge in [-0.3, -0.25) is 14.5 Å². The van der Waals surface area contributed by atoms with Crippen LogP contribution < -0.4 is 10.7 Å². The average molecular weight is 602 g/mol. The Morgan fingerprint density at radius 1 is 1.07 bits per heavy atom. The number of hydrogen-bond donors (Lipinski definition) is 1. The van der Waals surface area contributed by atoms with E-state index < -0.39 is 5.76 Å². The van der Waals surface area contributed by atoms with Crippen LogP contribution in [-0.4, -0.2) is 36.2 Å². The quantitative estimate of drug-likeness (QED) is 0.220. The van der Waals surface area contributed by atoms with E-state index in [0.29, 0.717) is 33.4 Å². The molecule has 1 saturated carbocycles. The summed E-state index contributed by atoms with van der Waals surface area (Å²) in [6.07, 6.45) is 10.8. The number of hydrogen-bond acceptors (Lipinski definition) is 7. The van der Waals surface area contributed by atoms with Crippen molar-refractivity contribution in [1.29, 1.82) is 0 Å². The van der Waals surface area contributed by atoms with E-state index in [-0.39, 0.29) is 17.7 Å². The van der Waals surface area contributed by atoms with Gasteiger partial charge in [-0.2, -0.15) is 0 Å². The molecule has 222 valence electrons. The highest BCUT2D eigenvalue weighted by atomic mass is 35.5. The zero-order valence-electron chi connectivity index (χ0n) is 24.0. The zero-order chi connectivity index (χ0) is 29.5.